The van der Waals surface area contributed by atoms with Gasteiger partial charge < -0.3 is 14.7 Å². The molecule has 0 unspecified atom stereocenters. The van der Waals surface area contributed by atoms with E-state index >= 15 is 0 Å². The Balaban J connectivity index is 1.72. The molecule has 1 fully saturated rings. The van der Waals surface area contributed by atoms with Gasteiger partial charge >= 0.3 is 12.1 Å². The van der Waals surface area contributed by atoms with Gasteiger partial charge in [-0.05, 0) is 59.3 Å². The van der Waals surface area contributed by atoms with Gasteiger partial charge in [0.05, 0.1) is 12.1 Å². The normalized spacial score (nSPS) is 15.6. The molecule has 10 heteroatoms. The van der Waals surface area contributed by atoms with Crippen molar-refractivity contribution in [3.8, 4) is 0 Å². The summed E-state index contributed by atoms with van der Waals surface area (Å²) < 4.78 is 40.8. The third kappa shape index (κ3) is 3.99. The van der Waals surface area contributed by atoms with E-state index in [1.54, 1.807) is 4.57 Å². The van der Waals surface area contributed by atoms with E-state index in [0.29, 0.717) is 33.2 Å². The summed E-state index contributed by atoms with van der Waals surface area (Å²) in [6.07, 6.45) is -0.876. The van der Waals surface area contributed by atoms with Crippen molar-refractivity contribution in [1.82, 2.24) is 19.5 Å². The molecule has 0 amide bonds. The van der Waals surface area contributed by atoms with E-state index in [4.69, 9.17) is 6.57 Å². The Morgan fingerprint density at radius 3 is 2.50 bits per heavy atom. The molecule has 1 saturated carbocycles. The Labute approximate surface area is 179 Å². The highest BCUT2D eigenvalue weighted by atomic mass is 79.9. The lowest BCUT2D eigenvalue weighted by atomic mass is 9.80. The number of halogens is 4. The highest BCUT2D eigenvalue weighted by Crippen LogP contribution is 2.34. The summed E-state index contributed by atoms with van der Waals surface area (Å²) in [5.41, 5.74) is 0.955. The number of anilines is 1. The van der Waals surface area contributed by atoms with Crippen LogP contribution in [0.15, 0.2) is 29.0 Å². The fourth-order valence-electron chi connectivity index (χ4n) is 3.55. The van der Waals surface area contributed by atoms with Crippen molar-refractivity contribution in [2.45, 2.75) is 44.9 Å². The van der Waals surface area contributed by atoms with Crippen LogP contribution in [-0.2, 0) is 12.7 Å². The molecule has 1 atom stereocenters. The first-order valence-corrected chi connectivity index (χ1v) is 10.3. The molecule has 6 nitrogen and oxygen atoms in total. The molecule has 1 aliphatic rings. The van der Waals surface area contributed by atoms with Crippen LogP contribution in [0.3, 0.4) is 0 Å². The fourth-order valence-corrected chi connectivity index (χ4v) is 4.02. The van der Waals surface area contributed by atoms with Crippen LogP contribution in [0.2, 0.25) is 0 Å². The number of fused-ring (bicyclic) bond motifs is 1. The number of aromatic nitrogens is 4. The Hall–Kier alpha value is -2.67. The predicted octanol–water partition coefficient (Wildman–Crippen LogP) is 5.81. The van der Waals surface area contributed by atoms with Crippen LogP contribution in [0.4, 0.5) is 24.9 Å². The third-order valence-corrected chi connectivity index (χ3v) is 6.09. The van der Waals surface area contributed by atoms with Crippen molar-refractivity contribution in [2.24, 2.45) is 5.92 Å². The highest BCUT2D eigenvalue weighted by molar-refractivity contribution is 9.10. The van der Waals surface area contributed by atoms with Crippen LogP contribution in [0, 0.1) is 12.5 Å². The van der Waals surface area contributed by atoms with Crippen LogP contribution in [0.25, 0.3) is 16.0 Å². The van der Waals surface area contributed by atoms with Gasteiger partial charge in [-0.2, -0.15) is 18.2 Å². The summed E-state index contributed by atoms with van der Waals surface area (Å²) >= 11 is 3.41. The Morgan fingerprint density at radius 2 is 1.93 bits per heavy atom. The van der Waals surface area contributed by atoms with Crippen molar-refractivity contribution in [3.63, 3.8) is 0 Å². The van der Waals surface area contributed by atoms with Crippen molar-refractivity contribution >= 4 is 38.9 Å². The van der Waals surface area contributed by atoms with Crippen molar-refractivity contribution < 1.29 is 13.2 Å². The average molecular weight is 479 g/mol. The van der Waals surface area contributed by atoms with Gasteiger partial charge in [0.1, 0.15) is 0 Å². The largest absolute Gasteiger partial charge is 0.416 e. The quantitative estimate of drug-likeness (QED) is 0.371. The maximum atomic E-state index is 12.8. The van der Waals surface area contributed by atoms with E-state index in [1.165, 1.54) is 18.6 Å². The number of alkyl halides is 3. The Morgan fingerprint density at radius 1 is 1.23 bits per heavy atom. The number of nitrogens with zero attached hydrogens (tertiary/aromatic N) is 5. The minimum Gasteiger partial charge on any atom is -0.394 e. The number of hydrogen-bond donors (Lipinski definition) is 1. The van der Waals surface area contributed by atoms with Gasteiger partial charge in [0.2, 0.25) is 11.5 Å². The maximum Gasteiger partial charge on any atom is 0.416 e. The van der Waals surface area contributed by atoms with E-state index < -0.39 is 11.7 Å². The molecule has 2 heterocycles. The van der Waals surface area contributed by atoms with Gasteiger partial charge in [0.25, 0.3) is 0 Å². The zero-order valence-corrected chi connectivity index (χ0v) is 17.6. The second-order valence-corrected chi connectivity index (χ2v) is 8.15. The molecule has 1 N–H and O–H groups in total. The summed E-state index contributed by atoms with van der Waals surface area (Å²) in [5, 5.41) is 3.41. The van der Waals surface area contributed by atoms with Crippen LogP contribution in [-0.4, -0.2) is 25.6 Å². The van der Waals surface area contributed by atoms with Crippen LogP contribution in [0.5, 0.6) is 0 Å². The molecule has 0 spiro atoms. The molecular weight excluding hydrogens is 461 g/mol. The first-order chi connectivity index (χ1) is 14.3. The minimum atomic E-state index is -4.38. The molecular formula is C20H18BrF3N6. The van der Waals surface area contributed by atoms with E-state index in [-0.39, 0.29) is 18.5 Å². The maximum absolute atomic E-state index is 12.8. The number of rotatable bonds is 5. The lowest BCUT2D eigenvalue weighted by Crippen LogP contribution is -2.31. The van der Waals surface area contributed by atoms with Gasteiger partial charge in [-0.3, -0.25) is 0 Å². The lowest BCUT2D eigenvalue weighted by Gasteiger charge is -2.31. The zero-order chi connectivity index (χ0) is 21.5. The topological polar surface area (TPSA) is 60.0 Å². The first-order valence-electron chi connectivity index (χ1n) is 9.50. The van der Waals surface area contributed by atoms with Crippen molar-refractivity contribution in [2.75, 3.05) is 5.32 Å². The molecule has 0 aliphatic heterocycles. The SMILES string of the molecule is [C-]#[N+]c1nc(N[C@H](C)C2CCC2)c2c(n1)nc(Br)n2Cc1ccc(C(F)(F)F)cc1. The molecule has 0 saturated heterocycles. The Kier molecular flexibility index (Phi) is 5.40. The summed E-state index contributed by atoms with van der Waals surface area (Å²) in [5.74, 6) is 1.05. The number of benzene rings is 1. The molecule has 1 aromatic carbocycles. The molecule has 30 heavy (non-hydrogen) atoms. The summed E-state index contributed by atoms with van der Waals surface area (Å²) in [4.78, 5) is 16.3. The predicted molar refractivity (Wildman–Crippen MR) is 110 cm³/mol. The summed E-state index contributed by atoms with van der Waals surface area (Å²) in [6, 6.07) is 5.18. The molecule has 3 aromatic rings. The third-order valence-electron chi connectivity index (χ3n) is 5.49. The van der Waals surface area contributed by atoms with Gasteiger partial charge in [-0.15, -0.1) is 16.5 Å². The second kappa shape index (κ2) is 7.87. The van der Waals surface area contributed by atoms with Crippen LogP contribution >= 0.6 is 15.9 Å². The lowest BCUT2D eigenvalue weighted by molar-refractivity contribution is -0.137. The van der Waals surface area contributed by atoms with Gasteiger partial charge in [0, 0.05) is 6.04 Å². The van der Waals surface area contributed by atoms with E-state index in [0.717, 1.165) is 25.0 Å². The van der Waals surface area contributed by atoms with E-state index in [1.807, 2.05) is 0 Å². The Bertz CT molecular complexity index is 1110. The second-order valence-electron chi connectivity index (χ2n) is 7.44. The average Bonchev–Trinajstić information content (AvgIpc) is 2.95. The van der Waals surface area contributed by atoms with Gasteiger partial charge in [-0.25, -0.2) is 0 Å². The fraction of sp³-hybridized carbons (Fsp3) is 0.400. The number of hydrogen-bond acceptors (Lipinski definition) is 4. The molecule has 2 aromatic heterocycles. The van der Waals surface area contributed by atoms with E-state index in [2.05, 4.69) is 48.0 Å². The molecule has 0 bridgehead atoms. The summed E-state index contributed by atoms with van der Waals surface area (Å²) in [7, 11) is 0. The standard InChI is InChI=1S/C20H18BrF3N6/c1-11(13-4-3-5-13)26-16-15-17(29-19(25-2)28-16)27-18(21)30(15)10-12-6-8-14(9-7-12)20(22,23)24/h6-9,11,13H,3-5,10H2,1H3,(H,26,28,29)/t11-/m1/s1. The number of imidazole rings is 1. The molecule has 156 valence electrons. The van der Waals surface area contributed by atoms with Crippen molar-refractivity contribution in [1.29, 1.82) is 0 Å². The molecule has 4 rings (SSSR count). The first kappa shape index (κ1) is 20.6. The van der Waals surface area contributed by atoms with E-state index in [9.17, 15) is 13.2 Å². The smallest absolute Gasteiger partial charge is 0.394 e. The zero-order valence-electron chi connectivity index (χ0n) is 16.0. The number of nitrogens with one attached hydrogen (secondary N) is 1. The molecule has 1 aliphatic carbocycles. The summed E-state index contributed by atoms with van der Waals surface area (Å²) in [6.45, 7) is 9.64. The minimum absolute atomic E-state index is 0.00232. The van der Waals surface area contributed by atoms with Gasteiger partial charge in [-0.1, -0.05) is 18.6 Å². The highest BCUT2D eigenvalue weighted by Gasteiger charge is 2.30. The molecule has 0 radical (unpaired) electrons. The van der Waals surface area contributed by atoms with Crippen molar-refractivity contribution in [3.05, 3.63) is 51.5 Å². The van der Waals surface area contributed by atoms with Gasteiger partial charge in [0.15, 0.2) is 10.3 Å². The van der Waals surface area contributed by atoms with Crippen LogP contribution in [0.1, 0.15) is 37.3 Å². The van der Waals surface area contributed by atoms with Crippen LogP contribution < -0.4 is 5.32 Å². The monoisotopic (exact) mass is 478 g/mol.